The Morgan fingerprint density at radius 1 is 1.17 bits per heavy atom. The lowest BCUT2D eigenvalue weighted by atomic mass is 10.3. The molecule has 2 amide bonds. The summed E-state index contributed by atoms with van der Waals surface area (Å²) in [7, 11) is 0. The molecule has 2 N–H and O–H groups in total. The Morgan fingerprint density at radius 3 is 2.50 bits per heavy atom. The molecule has 0 fully saturated rings. The van der Waals surface area contributed by atoms with Crippen molar-refractivity contribution in [3.8, 4) is 0 Å². The molecule has 98 valence electrons. The van der Waals surface area contributed by atoms with Gasteiger partial charge in [-0.2, -0.15) is 0 Å². The normalized spacial score (nSPS) is 9.94. The summed E-state index contributed by atoms with van der Waals surface area (Å²) in [5.74, 6) is -0.445. The van der Waals surface area contributed by atoms with E-state index in [0.29, 0.717) is 22.2 Å². The van der Waals surface area contributed by atoms with Gasteiger partial charge in [0.05, 0.1) is 16.6 Å². The maximum atomic E-state index is 11.5. The molecule has 0 heterocycles. The lowest BCUT2D eigenvalue weighted by Crippen LogP contribution is -2.32. The van der Waals surface area contributed by atoms with E-state index in [1.54, 1.807) is 18.2 Å². The number of anilines is 1. The fourth-order valence-electron chi connectivity index (χ4n) is 1.27. The van der Waals surface area contributed by atoms with E-state index in [-0.39, 0.29) is 18.4 Å². The number of benzene rings is 1. The molecule has 0 atom stereocenters. The third-order valence-electron chi connectivity index (χ3n) is 2.13. The van der Waals surface area contributed by atoms with Crippen molar-refractivity contribution in [2.24, 2.45) is 0 Å². The zero-order valence-electron chi connectivity index (χ0n) is 9.93. The van der Waals surface area contributed by atoms with Crippen molar-refractivity contribution in [2.75, 3.05) is 11.9 Å². The summed E-state index contributed by atoms with van der Waals surface area (Å²) in [6.45, 7) is 1.84. The molecule has 0 aromatic heterocycles. The van der Waals surface area contributed by atoms with Gasteiger partial charge in [-0.15, -0.1) is 0 Å². The van der Waals surface area contributed by atoms with E-state index in [4.69, 9.17) is 23.2 Å². The molecule has 0 spiro atoms. The van der Waals surface area contributed by atoms with Crippen LogP contribution in [0.4, 0.5) is 5.69 Å². The number of hydrogen-bond acceptors (Lipinski definition) is 2. The maximum Gasteiger partial charge on any atom is 0.243 e. The Hall–Kier alpha value is -1.26. The van der Waals surface area contributed by atoms with Crippen LogP contribution >= 0.6 is 23.2 Å². The number of carbonyl (C=O) groups excluding carboxylic acids is 2. The fourth-order valence-corrected chi connectivity index (χ4v) is 1.57. The lowest BCUT2D eigenvalue weighted by molar-refractivity contribution is -0.124. The van der Waals surface area contributed by atoms with Gasteiger partial charge in [-0.05, 0) is 24.6 Å². The summed E-state index contributed by atoms with van der Waals surface area (Å²) in [6, 6.07) is 4.78. The largest absolute Gasteiger partial charge is 0.347 e. The second-order valence-electron chi connectivity index (χ2n) is 3.70. The molecule has 4 nitrogen and oxygen atoms in total. The minimum Gasteiger partial charge on any atom is -0.347 e. The molecule has 0 unspecified atom stereocenters. The van der Waals surface area contributed by atoms with Gasteiger partial charge in [-0.1, -0.05) is 30.1 Å². The van der Waals surface area contributed by atoms with Gasteiger partial charge < -0.3 is 10.6 Å². The molecule has 18 heavy (non-hydrogen) atoms. The van der Waals surface area contributed by atoms with Crippen molar-refractivity contribution in [3.05, 3.63) is 28.2 Å². The van der Waals surface area contributed by atoms with E-state index < -0.39 is 0 Å². The molecule has 0 aliphatic heterocycles. The van der Waals surface area contributed by atoms with E-state index in [1.807, 2.05) is 6.92 Å². The topological polar surface area (TPSA) is 58.2 Å². The van der Waals surface area contributed by atoms with Crippen LogP contribution in [0.3, 0.4) is 0 Å². The van der Waals surface area contributed by atoms with E-state index in [0.717, 1.165) is 6.42 Å². The van der Waals surface area contributed by atoms with Crippen molar-refractivity contribution in [1.82, 2.24) is 5.32 Å². The third-order valence-corrected chi connectivity index (χ3v) is 2.87. The number of rotatable bonds is 5. The average Bonchev–Trinajstić information content (AvgIpc) is 2.32. The minimum absolute atomic E-state index is 0.0565. The van der Waals surface area contributed by atoms with Crippen LogP contribution < -0.4 is 10.6 Å². The molecule has 0 aliphatic rings. The molecule has 1 rings (SSSR count). The SMILES string of the molecule is CCCC(=O)NCC(=O)Nc1ccc(Cl)c(Cl)c1. The maximum absolute atomic E-state index is 11.5. The second kappa shape index (κ2) is 7.24. The minimum atomic E-state index is -0.308. The monoisotopic (exact) mass is 288 g/mol. The van der Waals surface area contributed by atoms with Crippen molar-refractivity contribution >= 4 is 40.7 Å². The first-order valence-electron chi connectivity index (χ1n) is 5.54. The van der Waals surface area contributed by atoms with Gasteiger partial charge in [-0.25, -0.2) is 0 Å². The smallest absolute Gasteiger partial charge is 0.243 e. The average molecular weight is 289 g/mol. The molecular weight excluding hydrogens is 275 g/mol. The molecule has 1 aromatic rings. The Kier molecular flexibility index (Phi) is 5.95. The summed E-state index contributed by atoms with van der Waals surface area (Å²) in [5.41, 5.74) is 0.541. The molecule has 0 bridgehead atoms. The summed E-state index contributed by atoms with van der Waals surface area (Å²) in [5, 5.41) is 5.92. The zero-order valence-corrected chi connectivity index (χ0v) is 11.4. The summed E-state index contributed by atoms with van der Waals surface area (Å²) in [6.07, 6.45) is 1.17. The van der Waals surface area contributed by atoms with Crippen LogP contribution in [0.15, 0.2) is 18.2 Å². The number of nitrogens with one attached hydrogen (secondary N) is 2. The molecule has 0 saturated carbocycles. The van der Waals surface area contributed by atoms with Crippen LogP contribution in [0.2, 0.25) is 10.0 Å². The molecule has 6 heteroatoms. The highest BCUT2D eigenvalue weighted by Gasteiger charge is 2.06. The van der Waals surface area contributed by atoms with Crippen LogP contribution in [-0.4, -0.2) is 18.4 Å². The number of carbonyl (C=O) groups is 2. The van der Waals surface area contributed by atoms with Crippen LogP contribution in [-0.2, 0) is 9.59 Å². The van der Waals surface area contributed by atoms with Crippen molar-refractivity contribution < 1.29 is 9.59 Å². The van der Waals surface area contributed by atoms with E-state index >= 15 is 0 Å². The quantitative estimate of drug-likeness (QED) is 0.875. The summed E-state index contributed by atoms with van der Waals surface area (Å²) in [4.78, 5) is 22.7. The molecule has 1 aromatic carbocycles. The van der Waals surface area contributed by atoms with Gasteiger partial charge >= 0.3 is 0 Å². The summed E-state index contributed by atoms with van der Waals surface area (Å²) >= 11 is 11.6. The van der Waals surface area contributed by atoms with Gasteiger partial charge in [0.15, 0.2) is 0 Å². The van der Waals surface area contributed by atoms with Crippen molar-refractivity contribution in [3.63, 3.8) is 0 Å². The van der Waals surface area contributed by atoms with Crippen LogP contribution in [0.25, 0.3) is 0 Å². The van der Waals surface area contributed by atoms with Gasteiger partial charge in [0, 0.05) is 12.1 Å². The number of amides is 2. The first-order valence-corrected chi connectivity index (χ1v) is 6.30. The Bertz CT molecular complexity index is 450. The highest BCUT2D eigenvalue weighted by Crippen LogP contribution is 2.24. The Labute approximate surface area is 116 Å². The first kappa shape index (κ1) is 14.8. The van der Waals surface area contributed by atoms with Gasteiger partial charge in [0.2, 0.25) is 11.8 Å². The molecule has 0 aliphatic carbocycles. The Morgan fingerprint density at radius 2 is 1.89 bits per heavy atom. The lowest BCUT2D eigenvalue weighted by Gasteiger charge is -2.07. The standard InChI is InChI=1S/C12H14Cl2N2O2/c1-2-3-11(17)15-7-12(18)16-8-4-5-9(13)10(14)6-8/h4-6H,2-3,7H2,1H3,(H,15,17)(H,16,18). The second-order valence-corrected chi connectivity index (χ2v) is 4.52. The van der Waals surface area contributed by atoms with E-state index in [1.165, 1.54) is 0 Å². The molecular formula is C12H14Cl2N2O2. The van der Waals surface area contributed by atoms with Crippen LogP contribution in [0, 0.1) is 0 Å². The van der Waals surface area contributed by atoms with Gasteiger partial charge in [0.25, 0.3) is 0 Å². The number of halogens is 2. The Balaban J connectivity index is 2.44. The van der Waals surface area contributed by atoms with Crippen molar-refractivity contribution in [1.29, 1.82) is 0 Å². The van der Waals surface area contributed by atoms with E-state index in [9.17, 15) is 9.59 Å². The molecule has 0 saturated heterocycles. The van der Waals surface area contributed by atoms with Crippen LogP contribution in [0.5, 0.6) is 0 Å². The van der Waals surface area contributed by atoms with Gasteiger partial charge in [0.1, 0.15) is 0 Å². The predicted octanol–water partition coefficient (Wildman–Crippen LogP) is 2.85. The van der Waals surface area contributed by atoms with Gasteiger partial charge in [-0.3, -0.25) is 9.59 Å². The first-order chi connectivity index (χ1) is 8.52. The summed E-state index contributed by atoms with van der Waals surface area (Å²) < 4.78 is 0. The van der Waals surface area contributed by atoms with Crippen molar-refractivity contribution in [2.45, 2.75) is 19.8 Å². The number of hydrogen-bond donors (Lipinski definition) is 2. The highest BCUT2D eigenvalue weighted by molar-refractivity contribution is 6.42. The predicted molar refractivity (Wildman–Crippen MR) is 73.0 cm³/mol. The highest BCUT2D eigenvalue weighted by atomic mass is 35.5. The van der Waals surface area contributed by atoms with Crippen LogP contribution in [0.1, 0.15) is 19.8 Å². The van der Waals surface area contributed by atoms with E-state index in [2.05, 4.69) is 10.6 Å². The zero-order chi connectivity index (χ0) is 13.5. The fraction of sp³-hybridized carbons (Fsp3) is 0.333. The molecule has 0 radical (unpaired) electrons. The third kappa shape index (κ3) is 4.94.